The Morgan fingerprint density at radius 1 is 1.35 bits per heavy atom. The molecule has 1 aromatic heterocycles. The number of thioether (sulfide) groups is 1. The van der Waals surface area contributed by atoms with E-state index >= 15 is 0 Å². The first-order valence-electron chi connectivity index (χ1n) is 7.65. The topological polar surface area (TPSA) is 75.2 Å². The first kappa shape index (κ1) is 18.3. The monoisotopic (exact) mass is 372 g/mol. The number of hydrogen-bond acceptors (Lipinski definition) is 7. The molecule has 0 bridgehead atoms. The summed E-state index contributed by atoms with van der Waals surface area (Å²) >= 11 is 8.04. The lowest BCUT2D eigenvalue weighted by molar-refractivity contribution is -0.125. The summed E-state index contributed by atoms with van der Waals surface area (Å²) in [6, 6.07) is 0. The minimum absolute atomic E-state index is 0.0410. The smallest absolute Gasteiger partial charge is 0.241 e. The van der Waals surface area contributed by atoms with E-state index < -0.39 is 0 Å². The number of hydrogen-bond donors (Lipinski definition) is 1. The molecule has 0 spiro atoms. The highest BCUT2D eigenvalue weighted by Gasteiger charge is 2.32. The van der Waals surface area contributed by atoms with Gasteiger partial charge in [0.25, 0.3) is 0 Å². The number of rotatable bonds is 8. The van der Waals surface area contributed by atoms with Crippen molar-refractivity contribution in [1.82, 2.24) is 15.1 Å². The summed E-state index contributed by atoms with van der Waals surface area (Å²) in [4.78, 5) is 25.4. The Hall–Kier alpha value is -1.06. The number of aryl methyl sites for hydroxylation is 1. The van der Waals surface area contributed by atoms with Crippen LogP contribution in [0.5, 0.6) is 0 Å². The molecule has 126 valence electrons. The third kappa shape index (κ3) is 5.22. The van der Waals surface area contributed by atoms with Crippen LogP contribution < -0.4 is 5.32 Å². The Morgan fingerprint density at radius 2 is 2.13 bits per heavy atom. The van der Waals surface area contributed by atoms with E-state index in [1.54, 1.807) is 4.90 Å². The summed E-state index contributed by atoms with van der Waals surface area (Å²) in [5.41, 5.74) is 0. The van der Waals surface area contributed by atoms with E-state index in [1.165, 1.54) is 23.1 Å². The zero-order valence-electron chi connectivity index (χ0n) is 13.2. The van der Waals surface area contributed by atoms with Gasteiger partial charge in [-0.3, -0.25) is 14.5 Å². The Morgan fingerprint density at radius 3 is 2.74 bits per heavy atom. The molecule has 2 heterocycles. The van der Waals surface area contributed by atoms with Crippen molar-refractivity contribution in [2.45, 2.75) is 51.2 Å². The number of carbonyl (C=O) groups is 2. The van der Waals surface area contributed by atoms with Gasteiger partial charge in [0.15, 0.2) is 0 Å². The van der Waals surface area contributed by atoms with Gasteiger partial charge in [0.05, 0.1) is 5.25 Å². The zero-order chi connectivity index (χ0) is 16.8. The van der Waals surface area contributed by atoms with Crippen LogP contribution in [0.3, 0.4) is 0 Å². The molecule has 9 heteroatoms. The second kappa shape index (κ2) is 8.70. The lowest BCUT2D eigenvalue weighted by Crippen LogP contribution is -2.31. The fraction of sp³-hybridized carbons (Fsp3) is 0.643. The van der Waals surface area contributed by atoms with Crippen molar-refractivity contribution in [3.8, 4) is 0 Å². The molecule has 1 unspecified atom stereocenters. The molecule has 2 rings (SSSR count). The van der Waals surface area contributed by atoms with Crippen LogP contribution in [0.2, 0.25) is 0 Å². The van der Waals surface area contributed by atoms with Gasteiger partial charge >= 0.3 is 0 Å². The molecule has 0 saturated carbocycles. The molecule has 0 aromatic carbocycles. The van der Waals surface area contributed by atoms with Crippen molar-refractivity contribution in [2.75, 3.05) is 11.9 Å². The molecule has 1 saturated heterocycles. The third-order valence-electron chi connectivity index (χ3n) is 3.41. The average Bonchev–Trinajstić information content (AvgIpc) is 3.06. The summed E-state index contributed by atoms with van der Waals surface area (Å²) < 4.78 is 0.670. The van der Waals surface area contributed by atoms with Gasteiger partial charge in [-0.15, -0.1) is 10.2 Å². The largest absolute Gasteiger partial charge is 0.301 e. The van der Waals surface area contributed by atoms with E-state index in [-0.39, 0.29) is 17.1 Å². The van der Waals surface area contributed by atoms with Crippen molar-refractivity contribution in [3.63, 3.8) is 0 Å². The highest BCUT2D eigenvalue weighted by atomic mass is 32.2. The number of nitrogens with zero attached hydrogens (tertiary/aromatic N) is 3. The first-order valence-corrected chi connectivity index (χ1v) is 9.76. The van der Waals surface area contributed by atoms with E-state index in [0.29, 0.717) is 22.4 Å². The number of thiocarbonyl (C=S) groups is 1. The standard InChI is InChI=1S/C14H20N4O2S3/c1-3-11-16-17-13(23-11)15-10(19)7-5-4-6-8-18-12(20)9(2)22-14(18)21/h9H,3-8H2,1-2H3,(H,15,17,19). The fourth-order valence-corrected chi connectivity index (χ4v) is 4.29. The number of unbranched alkanes of at least 4 members (excludes halogenated alkanes) is 2. The minimum atomic E-state index is -0.0619. The lowest BCUT2D eigenvalue weighted by atomic mass is 10.2. The highest BCUT2D eigenvalue weighted by Crippen LogP contribution is 2.27. The van der Waals surface area contributed by atoms with Crippen molar-refractivity contribution in [3.05, 3.63) is 5.01 Å². The maximum absolute atomic E-state index is 11.9. The van der Waals surface area contributed by atoms with Crippen LogP contribution >= 0.6 is 35.3 Å². The molecule has 1 fully saturated rings. The molecule has 23 heavy (non-hydrogen) atoms. The molecule has 1 N–H and O–H groups in total. The van der Waals surface area contributed by atoms with Crippen LogP contribution in [0, 0.1) is 0 Å². The van der Waals surface area contributed by atoms with Crippen LogP contribution in [0.25, 0.3) is 0 Å². The zero-order valence-corrected chi connectivity index (χ0v) is 15.7. The lowest BCUT2D eigenvalue weighted by Gasteiger charge is -2.14. The molecule has 1 aliphatic heterocycles. The Labute approximate surface area is 149 Å². The second-order valence-electron chi connectivity index (χ2n) is 5.23. The summed E-state index contributed by atoms with van der Waals surface area (Å²) in [7, 11) is 0. The van der Waals surface area contributed by atoms with Gasteiger partial charge in [0.2, 0.25) is 16.9 Å². The number of carbonyl (C=O) groups excluding carboxylic acids is 2. The van der Waals surface area contributed by atoms with Gasteiger partial charge in [-0.2, -0.15) is 0 Å². The van der Waals surface area contributed by atoms with Crippen LogP contribution in [0.1, 0.15) is 44.5 Å². The Bertz CT molecular complexity index is 590. The maximum atomic E-state index is 11.9. The third-order valence-corrected chi connectivity index (χ3v) is 5.88. The molecule has 1 atom stereocenters. The van der Waals surface area contributed by atoms with E-state index in [0.717, 1.165) is 30.7 Å². The van der Waals surface area contributed by atoms with Crippen molar-refractivity contribution in [1.29, 1.82) is 0 Å². The van der Waals surface area contributed by atoms with Crippen molar-refractivity contribution in [2.24, 2.45) is 0 Å². The quantitative estimate of drug-likeness (QED) is 0.559. The van der Waals surface area contributed by atoms with E-state index in [4.69, 9.17) is 12.2 Å². The van der Waals surface area contributed by atoms with Gasteiger partial charge in [-0.1, -0.05) is 48.7 Å². The van der Waals surface area contributed by atoms with Gasteiger partial charge in [-0.25, -0.2) is 0 Å². The molecular formula is C14H20N4O2S3. The van der Waals surface area contributed by atoms with Crippen LogP contribution in [-0.2, 0) is 16.0 Å². The van der Waals surface area contributed by atoms with Gasteiger partial charge in [-0.05, 0) is 26.2 Å². The normalized spacial score (nSPS) is 17.8. The fourth-order valence-electron chi connectivity index (χ4n) is 2.14. The number of anilines is 1. The van der Waals surface area contributed by atoms with E-state index in [2.05, 4.69) is 15.5 Å². The summed E-state index contributed by atoms with van der Waals surface area (Å²) in [5, 5.41) is 12.1. The summed E-state index contributed by atoms with van der Waals surface area (Å²) in [5.74, 6) is 0.0569. The molecular weight excluding hydrogens is 352 g/mol. The van der Waals surface area contributed by atoms with E-state index in [9.17, 15) is 9.59 Å². The van der Waals surface area contributed by atoms with Gasteiger partial charge < -0.3 is 5.32 Å². The molecule has 6 nitrogen and oxygen atoms in total. The Kier molecular flexibility index (Phi) is 6.91. The van der Waals surface area contributed by atoms with Crippen LogP contribution in [0.15, 0.2) is 0 Å². The number of nitrogens with one attached hydrogen (secondary N) is 1. The molecule has 1 aliphatic rings. The first-order chi connectivity index (χ1) is 11.0. The van der Waals surface area contributed by atoms with E-state index in [1.807, 2.05) is 13.8 Å². The predicted molar refractivity (Wildman–Crippen MR) is 97.7 cm³/mol. The predicted octanol–water partition coefficient (Wildman–Crippen LogP) is 2.85. The molecule has 0 radical (unpaired) electrons. The van der Waals surface area contributed by atoms with Crippen molar-refractivity contribution < 1.29 is 9.59 Å². The van der Waals surface area contributed by atoms with Crippen molar-refractivity contribution >= 4 is 56.6 Å². The summed E-state index contributed by atoms with van der Waals surface area (Å²) in [6.07, 6.45) is 3.79. The van der Waals surface area contributed by atoms with Gasteiger partial charge in [0, 0.05) is 13.0 Å². The molecule has 2 amide bonds. The molecule has 1 aromatic rings. The number of amides is 2. The van der Waals surface area contributed by atoms with Gasteiger partial charge in [0.1, 0.15) is 9.33 Å². The number of aromatic nitrogens is 2. The Balaban J connectivity index is 1.61. The van der Waals surface area contributed by atoms with Crippen LogP contribution in [0.4, 0.5) is 5.13 Å². The summed E-state index contributed by atoms with van der Waals surface area (Å²) in [6.45, 7) is 4.52. The molecule has 0 aliphatic carbocycles. The average molecular weight is 373 g/mol. The van der Waals surface area contributed by atoms with Crippen LogP contribution in [-0.4, -0.2) is 43.0 Å². The highest BCUT2D eigenvalue weighted by molar-refractivity contribution is 8.24. The minimum Gasteiger partial charge on any atom is -0.301 e. The SMILES string of the molecule is CCc1nnc(NC(=O)CCCCCN2C(=O)C(C)SC2=S)s1. The maximum Gasteiger partial charge on any atom is 0.241 e. The second-order valence-corrected chi connectivity index (χ2v) is 8.27.